The maximum Gasteiger partial charge on any atom is 0.278 e. The summed E-state index contributed by atoms with van der Waals surface area (Å²) < 4.78 is 10.5. The summed E-state index contributed by atoms with van der Waals surface area (Å²) in [6, 6.07) is 7.08. The van der Waals surface area contributed by atoms with E-state index in [-0.39, 0.29) is 17.9 Å². The lowest BCUT2D eigenvalue weighted by Crippen LogP contribution is -2.43. The first kappa shape index (κ1) is 22.8. The Bertz CT molecular complexity index is 762. The highest BCUT2D eigenvalue weighted by Gasteiger charge is 2.44. The molecule has 1 aliphatic heterocycles. The molecule has 0 bridgehead atoms. The molecule has 1 aromatic rings. The molecule has 7 heteroatoms. The molecule has 2 amide bonds. The Hall–Kier alpha value is -1.89. The van der Waals surface area contributed by atoms with Crippen molar-refractivity contribution in [2.24, 2.45) is 0 Å². The molecule has 3 rings (SSSR count). The van der Waals surface area contributed by atoms with Crippen LogP contribution in [0.15, 0.2) is 30.0 Å². The van der Waals surface area contributed by atoms with Gasteiger partial charge in [0.15, 0.2) is 0 Å². The van der Waals surface area contributed by atoms with Gasteiger partial charge in [0.2, 0.25) is 0 Å². The van der Waals surface area contributed by atoms with Crippen LogP contribution in [0.25, 0.3) is 5.57 Å². The highest BCUT2D eigenvalue weighted by Crippen LogP contribution is 2.36. The van der Waals surface area contributed by atoms with Gasteiger partial charge < -0.3 is 14.4 Å². The van der Waals surface area contributed by atoms with Crippen LogP contribution in [0, 0.1) is 0 Å². The van der Waals surface area contributed by atoms with Crippen LogP contribution in [0.4, 0.5) is 0 Å². The van der Waals surface area contributed by atoms with Crippen molar-refractivity contribution in [2.75, 3.05) is 40.5 Å². The van der Waals surface area contributed by atoms with Crippen LogP contribution in [0.3, 0.4) is 0 Å². The molecule has 0 atom stereocenters. The number of benzene rings is 1. The fraction of sp³-hybridized carbons (Fsp3) is 0.565. The molecule has 1 aliphatic carbocycles. The van der Waals surface area contributed by atoms with E-state index in [4.69, 9.17) is 21.1 Å². The SMILES string of the molecule is COCCN(CCOC)C1=C(c2ccc(Cl)cc2)C(=O)N(C2CCCCCC2)C1=O. The number of carbonyl (C=O) groups excluding carboxylic acids is 2. The quantitative estimate of drug-likeness (QED) is 0.437. The maximum atomic E-state index is 13.6. The van der Waals surface area contributed by atoms with E-state index >= 15 is 0 Å². The van der Waals surface area contributed by atoms with E-state index in [1.165, 1.54) is 4.90 Å². The highest BCUT2D eigenvalue weighted by molar-refractivity contribution is 6.36. The summed E-state index contributed by atoms with van der Waals surface area (Å²) in [5, 5.41) is 0.592. The van der Waals surface area contributed by atoms with Gasteiger partial charge in [0.1, 0.15) is 5.70 Å². The normalized spacial score (nSPS) is 18.3. The molecule has 1 aromatic carbocycles. The largest absolute Gasteiger partial charge is 0.383 e. The summed E-state index contributed by atoms with van der Waals surface area (Å²) in [6.07, 6.45) is 6.15. The highest BCUT2D eigenvalue weighted by atomic mass is 35.5. The second-order valence-corrected chi connectivity index (χ2v) is 8.27. The zero-order valence-corrected chi connectivity index (χ0v) is 18.6. The lowest BCUT2D eigenvalue weighted by atomic mass is 10.0. The first-order chi connectivity index (χ1) is 14.6. The van der Waals surface area contributed by atoms with Crippen molar-refractivity contribution in [1.82, 2.24) is 9.80 Å². The average Bonchev–Trinajstić information content (AvgIpc) is 2.91. The lowest BCUT2D eigenvalue weighted by Gasteiger charge is -2.28. The first-order valence-corrected chi connectivity index (χ1v) is 11.1. The fourth-order valence-corrected chi connectivity index (χ4v) is 4.42. The Labute approximate surface area is 183 Å². The lowest BCUT2D eigenvalue weighted by molar-refractivity contribution is -0.140. The predicted molar refractivity (Wildman–Crippen MR) is 117 cm³/mol. The van der Waals surface area contributed by atoms with Gasteiger partial charge in [-0.3, -0.25) is 14.5 Å². The molecule has 0 saturated heterocycles. The molecular formula is C23H31ClN2O4. The van der Waals surface area contributed by atoms with Gasteiger partial charge in [-0.2, -0.15) is 0 Å². The zero-order chi connectivity index (χ0) is 21.5. The van der Waals surface area contributed by atoms with Crippen LogP contribution in [0.1, 0.15) is 44.1 Å². The molecular weight excluding hydrogens is 404 g/mol. The Morgan fingerprint density at radius 2 is 1.50 bits per heavy atom. The number of carbonyl (C=O) groups is 2. The summed E-state index contributed by atoms with van der Waals surface area (Å²) in [7, 11) is 3.25. The van der Waals surface area contributed by atoms with E-state index in [9.17, 15) is 9.59 Å². The molecule has 0 unspecified atom stereocenters. The number of hydrogen-bond acceptors (Lipinski definition) is 5. The number of amides is 2. The molecule has 1 fully saturated rings. The van der Waals surface area contributed by atoms with E-state index in [1.54, 1.807) is 26.4 Å². The van der Waals surface area contributed by atoms with E-state index < -0.39 is 0 Å². The van der Waals surface area contributed by atoms with E-state index in [1.807, 2.05) is 17.0 Å². The fourth-order valence-electron chi connectivity index (χ4n) is 4.29. The van der Waals surface area contributed by atoms with Crippen molar-refractivity contribution in [3.05, 3.63) is 40.5 Å². The number of methoxy groups -OCH3 is 2. The van der Waals surface area contributed by atoms with Crippen molar-refractivity contribution in [1.29, 1.82) is 0 Å². The Morgan fingerprint density at radius 1 is 0.933 bits per heavy atom. The summed E-state index contributed by atoms with van der Waals surface area (Å²) >= 11 is 6.07. The van der Waals surface area contributed by atoms with Crippen molar-refractivity contribution in [2.45, 2.75) is 44.6 Å². The van der Waals surface area contributed by atoms with Crippen LogP contribution in [0.2, 0.25) is 5.02 Å². The number of ether oxygens (including phenoxy) is 2. The Kier molecular flexibility index (Phi) is 8.31. The molecule has 164 valence electrons. The summed E-state index contributed by atoms with van der Waals surface area (Å²) in [5.41, 5.74) is 1.61. The van der Waals surface area contributed by atoms with Crippen LogP contribution in [-0.4, -0.2) is 68.2 Å². The topological polar surface area (TPSA) is 59.1 Å². The van der Waals surface area contributed by atoms with Gasteiger partial charge in [-0.05, 0) is 30.5 Å². The standard InChI is InChI=1S/C23H31ClN2O4/c1-29-15-13-25(14-16-30-2)21-20(17-9-11-18(24)12-10-17)22(27)26(23(21)28)19-7-5-3-4-6-8-19/h9-12,19H,3-8,13-16H2,1-2H3. The van der Waals surface area contributed by atoms with Gasteiger partial charge in [-0.15, -0.1) is 0 Å². The predicted octanol–water partition coefficient (Wildman–Crippen LogP) is 3.74. The van der Waals surface area contributed by atoms with Crippen molar-refractivity contribution >= 4 is 29.0 Å². The Balaban J connectivity index is 2.03. The maximum absolute atomic E-state index is 13.6. The van der Waals surface area contributed by atoms with Gasteiger partial charge in [-0.1, -0.05) is 49.4 Å². The number of nitrogens with zero attached hydrogens (tertiary/aromatic N) is 2. The smallest absolute Gasteiger partial charge is 0.278 e. The van der Waals surface area contributed by atoms with Crippen LogP contribution in [0.5, 0.6) is 0 Å². The summed E-state index contributed by atoms with van der Waals surface area (Å²) in [5.74, 6) is -0.409. The third kappa shape index (κ3) is 5.05. The third-order valence-corrected chi connectivity index (χ3v) is 6.11. The molecule has 0 radical (unpaired) electrons. The van der Waals surface area contributed by atoms with Crippen molar-refractivity contribution in [3.8, 4) is 0 Å². The average molecular weight is 435 g/mol. The first-order valence-electron chi connectivity index (χ1n) is 10.7. The minimum Gasteiger partial charge on any atom is -0.383 e. The minimum atomic E-state index is -0.205. The molecule has 2 aliphatic rings. The molecule has 30 heavy (non-hydrogen) atoms. The molecule has 0 N–H and O–H groups in total. The van der Waals surface area contributed by atoms with Crippen LogP contribution < -0.4 is 0 Å². The second-order valence-electron chi connectivity index (χ2n) is 7.83. The number of imide groups is 1. The van der Waals surface area contributed by atoms with Crippen molar-refractivity contribution in [3.63, 3.8) is 0 Å². The van der Waals surface area contributed by atoms with Gasteiger partial charge in [0, 0.05) is 38.4 Å². The van der Waals surface area contributed by atoms with Crippen LogP contribution in [-0.2, 0) is 19.1 Å². The van der Waals surface area contributed by atoms with Gasteiger partial charge in [0.05, 0.1) is 18.8 Å². The Morgan fingerprint density at radius 3 is 2.03 bits per heavy atom. The second kappa shape index (κ2) is 10.9. The molecule has 6 nitrogen and oxygen atoms in total. The number of halogens is 1. The summed E-state index contributed by atoms with van der Waals surface area (Å²) in [4.78, 5) is 30.7. The van der Waals surface area contributed by atoms with Crippen LogP contribution >= 0.6 is 11.6 Å². The van der Waals surface area contributed by atoms with Gasteiger partial charge in [0.25, 0.3) is 11.8 Å². The monoisotopic (exact) mass is 434 g/mol. The van der Waals surface area contributed by atoms with Gasteiger partial charge >= 0.3 is 0 Å². The van der Waals surface area contributed by atoms with Gasteiger partial charge in [-0.25, -0.2) is 0 Å². The number of hydrogen-bond donors (Lipinski definition) is 0. The van der Waals surface area contributed by atoms with E-state index in [0.29, 0.717) is 48.2 Å². The molecule has 0 spiro atoms. The minimum absolute atomic E-state index is 0.0426. The van der Waals surface area contributed by atoms with E-state index in [0.717, 1.165) is 38.5 Å². The van der Waals surface area contributed by atoms with E-state index in [2.05, 4.69) is 0 Å². The molecule has 1 saturated carbocycles. The summed E-state index contributed by atoms with van der Waals surface area (Å²) in [6.45, 7) is 1.91. The molecule has 0 aromatic heterocycles. The van der Waals surface area contributed by atoms with Crippen molar-refractivity contribution < 1.29 is 19.1 Å². The zero-order valence-electron chi connectivity index (χ0n) is 17.9. The third-order valence-electron chi connectivity index (χ3n) is 5.86. The number of rotatable bonds is 9. The molecule has 1 heterocycles.